The van der Waals surface area contributed by atoms with Crippen molar-refractivity contribution in [1.29, 1.82) is 0 Å². The number of carbonyl (C=O) groups excluding carboxylic acids is 1. The van der Waals surface area contributed by atoms with Gasteiger partial charge in [-0.3, -0.25) is 10.1 Å². The molecule has 15 heteroatoms. The first-order chi connectivity index (χ1) is 15.3. The molecule has 1 aliphatic rings. The SMILES string of the molecule is NN([N+]1([O-])C(=O)Cc2c1ccc1cc(S(N)(=O)=O)c([N+](=O)[O-])cc21)S(=O)(=O)c1ccccc1. The Morgan fingerprint density at radius 2 is 1.67 bits per heavy atom. The number of hydrazine groups is 1. The van der Waals surface area contributed by atoms with E-state index < -0.39 is 52.6 Å². The zero-order chi connectivity index (χ0) is 24.3. The minimum Gasteiger partial charge on any atom is -0.597 e. The van der Waals surface area contributed by atoms with Crippen molar-refractivity contribution in [2.24, 2.45) is 11.0 Å². The summed E-state index contributed by atoms with van der Waals surface area (Å²) in [5.74, 6) is 4.56. The Bertz CT molecular complexity index is 1560. The topological polar surface area (TPSA) is 207 Å². The molecule has 3 aromatic rings. The number of primary sulfonamides is 1. The molecule has 1 unspecified atom stereocenters. The molecule has 0 aromatic heterocycles. The maximum Gasteiger partial charge on any atom is 0.345 e. The molecule has 13 nitrogen and oxygen atoms in total. The number of quaternary nitrogens is 1. The van der Waals surface area contributed by atoms with Gasteiger partial charge in [-0.25, -0.2) is 32.6 Å². The minimum atomic E-state index is -4.61. The molecule has 0 radical (unpaired) electrons. The molecule has 0 aliphatic carbocycles. The van der Waals surface area contributed by atoms with Crippen LogP contribution < -0.4 is 15.7 Å². The lowest BCUT2D eigenvalue weighted by molar-refractivity contribution is -0.387. The average molecular weight is 493 g/mol. The van der Waals surface area contributed by atoms with Crippen LogP contribution in [0.15, 0.2) is 64.4 Å². The van der Waals surface area contributed by atoms with Crippen LogP contribution in [0.1, 0.15) is 5.56 Å². The van der Waals surface area contributed by atoms with Crippen LogP contribution in [0.5, 0.6) is 0 Å². The second kappa shape index (κ2) is 7.35. The molecule has 0 bridgehead atoms. The Labute approximate surface area is 186 Å². The fourth-order valence-electron chi connectivity index (χ4n) is 3.69. The Balaban J connectivity index is 1.96. The first-order valence-corrected chi connectivity index (χ1v) is 12.0. The Morgan fingerprint density at radius 3 is 2.24 bits per heavy atom. The van der Waals surface area contributed by atoms with Crippen molar-refractivity contribution >= 4 is 48.1 Å². The molecule has 0 saturated carbocycles. The molecule has 172 valence electrons. The number of amides is 1. The zero-order valence-corrected chi connectivity index (χ0v) is 18.1. The van der Waals surface area contributed by atoms with Crippen molar-refractivity contribution in [3.63, 3.8) is 0 Å². The predicted octanol–water partition coefficient (Wildman–Crippen LogP) is 0.763. The predicted molar refractivity (Wildman–Crippen MR) is 116 cm³/mol. The molecule has 4 N–H and O–H groups in total. The van der Waals surface area contributed by atoms with Gasteiger partial charge in [-0.1, -0.05) is 18.2 Å². The maximum atomic E-state index is 13.6. The third-order valence-electron chi connectivity index (χ3n) is 5.25. The van der Waals surface area contributed by atoms with Gasteiger partial charge in [0, 0.05) is 22.2 Å². The maximum absolute atomic E-state index is 13.6. The molecule has 1 amide bonds. The number of carbonyl (C=O) groups is 1. The van der Waals surface area contributed by atoms with Crippen molar-refractivity contribution in [3.8, 4) is 0 Å². The quantitative estimate of drug-likeness (QED) is 0.169. The van der Waals surface area contributed by atoms with Crippen molar-refractivity contribution in [1.82, 2.24) is 9.28 Å². The Hall–Kier alpha value is -3.31. The monoisotopic (exact) mass is 493 g/mol. The summed E-state index contributed by atoms with van der Waals surface area (Å²) in [4.78, 5) is 22.2. The van der Waals surface area contributed by atoms with Crippen molar-refractivity contribution in [2.75, 3.05) is 0 Å². The lowest BCUT2D eigenvalue weighted by Crippen LogP contribution is -2.64. The summed E-state index contributed by atoms with van der Waals surface area (Å²) in [6.45, 7) is 0. The van der Waals surface area contributed by atoms with Crippen LogP contribution in [-0.4, -0.2) is 32.2 Å². The molecule has 3 aromatic carbocycles. The largest absolute Gasteiger partial charge is 0.597 e. The van der Waals surface area contributed by atoms with Crippen LogP contribution in [-0.2, 0) is 31.3 Å². The van der Waals surface area contributed by atoms with E-state index in [-0.39, 0.29) is 31.4 Å². The molecule has 1 atom stereocenters. The van der Waals surface area contributed by atoms with E-state index in [0.29, 0.717) is 0 Å². The normalized spacial score (nSPS) is 18.6. The number of benzene rings is 3. The number of nitrogens with two attached hydrogens (primary N) is 2. The number of hydrogen-bond donors (Lipinski definition) is 2. The van der Waals surface area contributed by atoms with Crippen molar-refractivity contribution in [2.45, 2.75) is 16.2 Å². The molecule has 1 heterocycles. The number of hydroxylamine groups is 1. The van der Waals surface area contributed by atoms with E-state index in [9.17, 15) is 37.0 Å². The second-order valence-electron chi connectivity index (χ2n) is 7.14. The standard InChI is InChI=1S/C18H15N5O8S2/c19-22(33(30,31)12-4-2-1-3-5-12)23(27)16-7-6-11-8-17(32(20,28)29)15(21(25)26)9-13(11)14(16)10-18(23)24/h1-9H,10,19H2,(H2,20,28,29). The number of nitro benzene ring substituents is 1. The van der Waals surface area contributed by atoms with Crippen LogP contribution in [0, 0.1) is 15.3 Å². The molecular weight excluding hydrogens is 478 g/mol. The van der Waals surface area contributed by atoms with Gasteiger partial charge < -0.3 is 5.21 Å². The number of fused-ring (bicyclic) bond motifs is 3. The third kappa shape index (κ3) is 3.39. The van der Waals surface area contributed by atoms with Gasteiger partial charge in [0.1, 0.15) is 0 Å². The molecular formula is C18H15N5O8S2. The van der Waals surface area contributed by atoms with Crippen LogP contribution in [0.2, 0.25) is 0 Å². The third-order valence-corrected chi connectivity index (χ3v) is 7.78. The van der Waals surface area contributed by atoms with Crippen LogP contribution in [0.3, 0.4) is 0 Å². The molecule has 0 saturated heterocycles. The van der Waals surface area contributed by atoms with Gasteiger partial charge in [0.25, 0.3) is 5.69 Å². The summed E-state index contributed by atoms with van der Waals surface area (Å²) in [7, 11) is -9.07. The number of rotatable bonds is 5. The summed E-state index contributed by atoms with van der Waals surface area (Å²) in [5, 5.41) is 30.3. The summed E-state index contributed by atoms with van der Waals surface area (Å²) < 4.78 is 47.1. The highest BCUT2D eigenvalue weighted by atomic mass is 32.2. The van der Waals surface area contributed by atoms with E-state index in [1.165, 1.54) is 30.3 Å². The van der Waals surface area contributed by atoms with Gasteiger partial charge in [0.05, 0.1) is 16.2 Å². The average Bonchev–Trinajstić information content (AvgIpc) is 3.03. The summed E-state index contributed by atoms with van der Waals surface area (Å²) in [6.07, 6.45) is -0.597. The van der Waals surface area contributed by atoms with E-state index in [4.69, 9.17) is 11.0 Å². The summed E-state index contributed by atoms with van der Waals surface area (Å²) in [5.41, 5.74) is -1.24. The number of sulfonamides is 2. The molecule has 0 spiro atoms. The number of nitro groups is 1. The van der Waals surface area contributed by atoms with E-state index in [1.807, 2.05) is 0 Å². The highest BCUT2D eigenvalue weighted by molar-refractivity contribution is 7.89. The smallest absolute Gasteiger partial charge is 0.345 e. The minimum absolute atomic E-state index is 0.0151. The van der Waals surface area contributed by atoms with E-state index in [1.54, 1.807) is 6.07 Å². The van der Waals surface area contributed by atoms with Gasteiger partial charge in [-0.2, -0.15) is 4.76 Å². The first kappa shape index (κ1) is 22.9. The molecule has 4 rings (SSSR count). The van der Waals surface area contributed by atoms with Gasteiger partial charge >= 0.3 is 15.9 Å². The Morgan fingerprint density at radius 1 is 1.03 bits per heavy atom. The van der Waals surface area contributed by atoms with Crippen molar-refractivity contribution < 1.29 is 26.6 Å². The van der Waals surface area contributed by atoms with E-state index in [0.717, 1.165) is 18.2 Å². The van der Waals surface area contributed by atoms with Crippen molar-refractivity contribution in [3.05, 3.63) is 75.5 Å². The first-order valence-electron chi connectivity index (χ1n) is 9.06. The fraction of sp³-hybridized carbons (Fsp3) is 0.0556. The zero-order valence-electron chi connectivity index (χ0n) is 16.5. The lowest BCUT2D eigenvalue weighted by atomic mass is 10.0. The van der Waals surface area contributed by atoms with Gasteiger partial charge in [0.15, 0.2) is 10.6 Å². The number of hydrogen-bond acceptors (Lipinski definition) is 9. The molecule has 0 fully saturated rings. The Kier molecular flexibility index (Phi) is 5.10. The van der Waals surface area contributed by atoms with E-state index >= 15 is 0 Å². The highest BCUT2D eigenvalue weighted by Gasteiger charge is 2.50. The van der Waals surface area contributed by atoms with Gasteiger partial charge in [0.2, 0.25) is 10.0 Å². The summed E-state index contributed by atoms with van der Waals surface area (Å²) >= 11 is 0. The van der Waals surface area contributed by atoms with E-state index in [2.05, 4.69) is 0 Å². The molecule has 33 heavy (non-hydrogen) atoms. The fourth-order valence-corrected chi connectivity index (χ4v) is 5.61. The van der Waals surface area contributed by atoms with Crippen LogP contribution in [0.25, 0.3) is 10.8 Å². The molecule has 1 aliphatic heterocycles. The van der Waals surface area contributed by atoms with Gasteiger partial charge in [-0.05, 0) is 35.0 Å². The summed E-state index contributed by atoms with van der Waals surface area (Å²) in [6, 6.07) is 10.9. The highest BCUT2D eigenvalue weighted by Crippen LogP contribution is 2.43. The number of nitrogens with zero attached hydrogens (tertiary/aromatic N) is 3. The van der Waals surface area contributed by atoms with Crippen LogP contribution >= 0.6 is 0 Å². The van der Waals surface area contributed by atoms with Crippen LogP contribution in [0.4, 0.5) is 11.4 Å². The van der Waals surface area contributed by atoms with Gasteiger partial charge in [-0.15, -0.1) is 0 Å². The lowest BCUT2D eigenvalue weighted by Gasteiger charge is -2.39. The second-order valence-corrected chi connectivity index (χ2v) is 10.5.